The van der Waals surface area contributed by atoms with E-state index in [0.717, 1.165) is 28.5 Å². The Morgan fingerprint density at radius 3 is 2.79 bits per heavy atom. The van der Waals surface area contributed by atoms with Crippen LogP contribution in [0.1, 0.15) is 18.3 Å². The molecule has 0 saturated heterocycles. The molecule has 0 atom stereocenters. The number of nitrogens with zero attached hydrogens (tertiary/aromatic N) is 3. The summed E-state index contributed by atoms with van der Waals surface area (Å²) in [5, 5.41) is 12.6. The molecule has 0 saturated carbocycles. The van der Waals surface area contributed by atoms with Crippen LogP contribution in [0.25, 0.3) is 0 Å². The molecular weight excluding hydrogens is 324 g/mol. The fourth-order valence-electron chi connectivity index (χ4n) is 1.60. The molecule has 1 N–H and O–H groups in total. The van der Waals surface area contributed by atoms with Gasteiger partial charge in [0.2, 0.25) is 0 Å². The molecule has 4 nitrogen and oxygen atoms in total. The van der Waals surface area contributed by atoms with Gasteiger partial charge in [-0.15, -0.1) is 10.2 Å². The lowest BCUT2D eigenvalue weighted by Crippen LogP contribution is -2.12. The summed E-state index contributed by atoms with van der Waals surface area (Å²) < 4.78 is 3.08. The van der Waals surface area contributed by atoms with E-state index in [2.05, 4.69) is 56.6 Å². The summed E-state index contributed by atoms with van der Waals surface area (Å²) in [6.07, 6.45) is 0. The van der Waals surface area contributed by atoms with Crippen molar-refractivity contribution < 1.29 is 0 Å². The van der Waals surface area contributed by atoms with Crippen molar-refractivity contribution in [3.8, 4) is 0 Å². The zero-order valence-corrected chi connectivity index (χ0v) is 13.7. The molecule has 1 aromatic heterocycles. The summed E-state index contributed by atoms with van der Waals surface area (Å²) in [5.74, 6) is 0.922. The highest BCUT2D eigenvalue weighted by molar-refractivity contribution is 9.10. The summed E-state index contributed by atoms with van der Waals surface area (Å²) in [6, 6.07) is 6.33. The molecule has 19 heavy (non-hydrogen) atoms. The van der Waals surface area contributed by atoms with Crippen molar-refractivity contribution in [3.05, 3.63) is 34.1 Å². The van der Waals surface area contributed by atoms with E-state index in [1.807, 2.05) is 18.5 Å². The standard InChI is InChI=1S/C13H17BrN4S/c1-4-15-8-10-5-6-11(14)7-12(10)19-13-17-16-9(2)18(13)3/h5-7,15H,4,8H2,1-3H3. The maximum absolute atomic E-state index is 4.20. The fourth-order valence-corrected chi connectivity index (χ4v) is 3.12. The summed E-state index contributed by atoms with van der Waals surface area (Å²) >= 11 is 5.17. The molecule has 6 heteroatoms. The van der Waals surface area contributed by atoms with Gasteiger partial charge in [-0.1, -0.05) is 28.9 Å². The van der Waals surface area contributed by atoms with Gasteiger partial charge >= 0.3 is 0 Å². The van der Waals surface area contributed by atoms with Crippen LogP contribution in [-0.4, -0.2) is 21.3 Å². The Bertz CT molecular complexity index is 568. The minimum Gasteiger partial charge on any atom is -0.313 e. The molecule has 0 aliphatic rings. The third kappa shape index (κ3) is 3.58. The van der Waals surface area contributed by atoms with Gasteiger partial charge in [0, 0.05) is 23.0 Å². The number of hydrogen-bond donors (Lipinski definition) is 1. The molecule has 2 aromatic rings. The predicted octanol–water partition coefficient (Wildman–Crippen LogP) is 3.15. The Morgan fingerprint density at radius 1 is 1.37 bits per heavy atom. The number of rotatable bonds is 5. The largest absolute Gasteiger partial charge is 0.313 e. The van der Waals surface area contributed by atoms with E-state index in [4.69, 9.17) is 0 Å². The van der Waals surface area contributed by atoms with Gasteiger partial charge < -0.3 is 9.88 Å². The molecule has 0 unspecified atom stereocenters. The van der Waals surface area contributed by atoms with Crippen LogP contribution in [-0.2, 0) is 13.6 Å². The van der Waals surface area contributed by atoms with Gasteiger partial charge in [0.05, 0.1) is 0 Å². The third-order valence-electron chi connectivity index (χ3n) is 2.85. The van der Waals surface area contributed by atoms with E-state index in [1.54, 1.807) is 11.8 Å². The predicted molar refractivity (Wildman–Crippen MR) is 81.4 cm³/mol. The fraction of sp³-hybridized carbons (Fsp3) is 0.385. The van der Waals surface area contributed by atoms with E-state index in [1.165, 1.54) is 10.5 Å². The second kappa shape index (κ2) is 6.54. The average Bonchev–Trinajstić information content (AvgIpc) is 2.70. The van der Waals surface area contributed by atoms with Gasteiger partial charge in [0.15, 0.2) is 5.16 Å². The Balaban J connectivity index is 2.27. The normalized spacial score (nSPS) is 10.9. The number of halogens is 1. The molecular formula is C13H17BrN4S. The maximum atomic E-state index is 4.20. The van der Waals surface area contributed by atoms with Gasteiger partial charge in [-0.25, -0.2) is 0 Å². The van der Waals surface area contributed by atoms with Crippen LogP contribution in [0, 0.1) is 6.92 Å². The summed E-state index contributed by atoms with van der Waals surface area (Å²) in [5.41, 5.74) is 1.27. The Hall–Kier alpha value is -0.850. The molecule has 1 aromatic carbocycles. The van der Waals surface area contributed by atoms with Crippen LogP contribution < -0.4 is 5.32 Å². The lowest BCUT2D eigenvalue weighted by Gasteiger charge is -2.10. The Labute approximate surface area is 126 Å². The molecule has 0 aliphatic carbocycles. The van der Waals surface area contributed by atoms with Crippen molar-refractivity contribution in [1.29, 1.82) is 0 Å². The second-order valence-corrected chi connectivity index (χ2v) is 6.15. The van der Waals surface area contributed by atoms with Crippen molar-refractivity contribution in [3.63, 3.8) is 0 Å². The van der Waals surface area contributed by atoms with E-state index >= 15 is 0 Å². The summed E-state index contributed by atoms with van der Waals surface area (Å²) in [6.45, 7) is 5.89. The first kappa shape index (κ1) is 14.6. The first-order valence-corrected chi connectivity index (χ1v) is 7.75. The van der Waals surface area contributed by atoms with Crippen molar-refractivity contribution in [1.82, 2.24) is 20.1 Å². The number of benzene rings is 1. The van der Waals surface area contributed by atoms with Crippen molar-refractivity contribution in [2.45, 2.75) is 30.4 Å². The lowest BCUT2D eigenvalue weighted by molar-refractivity contribution is 0.716. The Kier molecular flexibility index (Phi) is 5.01. The van der Waals surface area contributed by atoms with Crippen LogP contribution in [0.2, 0.25) is 0 Å². The van der Waals surface area contributed by atoms with Crippen LogP contribution >= 0.6 is 27.7 Å². The van der Waals surface area contributed by atoms with Gasteiger partial charge in [0.1, 0.15) is 5.82 Å². The van der Waals surface area contributed by atoms with Gasteiger partial charge in [-0.3, -0.25) is 0 Å². The zero-order chi connectivity index (χ0) is 13.8. The minimum atomic E-state index is 0.864. The topological polar surface area (TPSA) is 42.7 Å². The quantitative estimate of drug-likeness (QED) is 0.907. The second-order valence-electron chi connectivity index (χ2n) is 4.22. The SMILES string of the molecule is CCNCc1ccc(Br)cc1Sc1nnc(C)n1C. The minimum absolute atomic E-state index is 0.864. The smallest absolute Gasteiger partial charge is 0.195 e. The van der Waals surface area contributed by atoms with Crippen LogP contribution in [0.4, 0.5) is 0 Å². The van der Waals surface area contributed by atoms with Crippen molar-refractivity contribution in [2.75, 3.05) is 6.54 Å². The molecule has 0 spiro atoms. The zero-order valence-electron chi connectivity index (χ0n) is 11.3. The molecule has 0 fully saturated rings. The van der Waals surface area contributed by atoms with Gasteiger partial charge in [-0.05, 0) is 42.9 Å². The highest BCUT2D eigenvalue weighted by Crippen LogP contribution is 2.31. The third-order valence-corrected chi connectivity index (χ3v) is 4.48. The molecule has 102 valence electrons. The average molecular weight is 341 g/mol. The number of hydrogen-bond acceptors (Lipinski definition) is 4. The van der Waals surface area contributed by atoms with Gasteiger partial charge in [-0.2, -0.15) is 0 Å². The first-order valence-electron chi connectivity index (χ1n) is 6.14. The lowest BCUT2D eigenvalue weighted by atomic mass is 10.2. The molecule has 1 heterocycles. The number of nitrogens with one attached hydrogen (secondary N) is 1. The number of aromatic nitrogens is 3. The highest BCUT2D eigenvalue weighted by Gasteiger charge is 2.10. The van der Waals surface area contributed by atoms with Gasteiger partial charge in [0.25, 0.3) is 0 Å². The van der Waals surface area contributed by atoms with E-state index < -0.39 is 0 Å². The highest BCUT2D eigenvalue weighted by atomic mass is 79.9. The maximum Gasteiger partial charge on any atom is 0.195 e. The molecule has 2 rings (SSSR count). The molecule has 0 bridgehead atoms. The van der Waals surface area contributed by atoms with Crippen molar-refractivity contribution in [2.24, 2.45) is 7.05 Å². The van der Waals surface area contributed by atoms with Crippen molar-refractivity contribution >= 4 is 27.7 Å². The Morgan fingerprint density at radius 2 is 2.16 bits per heavy atom. The summed E-state index contributed by atoms with van der Waals surface area (Å²) in [4.78, 5) is 1.20. The molecule has 0 amide bonds. The first-order chi connectivity index (χ1) is 9.11. The number of aryl methyl sites for hydroxylation is 1. The van der Waals surface area contributed by atoms with Crippen LogP contribution in [0.3, 0.4) is 0 Å². The van der Waals surface area contributed by atoms with Crippen LogP contribution in [0.15, 0.2) is 32.7 Å². The van der Waals surface area contributed by atoms with E-state index in [-0.39, 0.29) is 0 Å². The summed E-state index contributed by atoms with van der Waals surface area (Å²) in [7, 11) is 1.99. The van der Waals surface area contributed by atoms with Crippen LogP contribution in [0.5, 0.6) is 0 Å². The van der Waals surface area contributed by atoms with E-state index in [0.29, 0.717) is 0 Å². The monoisotopic (exact) mass is 340 g/mol. The van der Waals surface area contributed by atoms with E-state index in [9.17, 15) is 0 Å². The molecule has 0 radical (unpaired) electrons. The molecule has 0 aliphatic heterocycles.